The molecular weight excluding hydrogens is 266 g/mol. The first-order valence-corrected chi connectivity index (χ1v) is 7.83. The van der Waals surface area contributed by atoms with Gasteiger partial charge in [0.15, 0.2) is 4.77 Å². The molecule has 20 heavy (non-hydrogen) atoms. The summed E-state index contributed by atoms with van der Waals surface area (Å²) in [5.41, 5.74) is 2.46. The van der Waals surface area contributed by atoms with Crippen LogP contribution < -0.4 is 0 Å². The highest BCUT2D eigenvalue weighted by molar-refractivity contribution is 7.71. The molecule has 0 spiro atoms. The smallest absolute Gasteiger partial charge is 0.177 e. The van der Waals surface area contributed by atoms with Crippen molar-refractivity contribution in [3.05, 3.63) is 41.3 Å². The fourth-order valence-electron chi connectivity index (χ4n) is 3.32. The van der Waals surface area contributed by atoms with E-state index in [1.807, 2.05) is 0 Å². The Hall–Kier alpha value is -1.39. The highest BCUT2D eigenvalue weighted by atomic mass is 32.1. The lowest BCUT2D eigenvalue weighted by molar-refractivity contribution is 0.313. The Kier molecular flexibility index (Phi) is 3.00. The van der Waals surface area contributed by atoms with E-state index in [-0.39, 0.29) is 0 Å². The van der Waals surface area contributed by atoms with Gasteiger partial charge in [-0.1, -0.05) is 30.3 Å². The maximum Gasteiger partial charge on any atom is 0.177 e. The van der Waals surface area contributed by atoms with Gasteiger partial charge in [-0.2, -0.15) is 0 Å². The van der Waals surface area contributed by atoms with Gasteiger partial charge in [-0.05, 0) is 37.0 Å². The number of hydrogen-bond acceptors (Lipinski definition) is 2. The average Bonchev–Trinajstić information content (AvgIpc) is 3.09. The molecule has 2 aromatic rings. The van der Waals surface area contributed by atoms with Gasteiger partial charge in [0.05, 0.1) is 11.7 Å². The fraction of sp³-hybridized carbons (Fsp3) is 0.438. The number of aromatic nitrogens is 2. The molecule has 1 unspecified atom stereocenters. The van der Waals surface area contributed by atoms with E-state index in [4.69, 9.17) is 12.2 Å². The zero-order valence-electron chi connectivity index (χ0n) is 11.5. The minimum Gasteiger partial charge on any atom is -0.337 e. The maximum absolute atomic E-state index is 5.52. The van der Waals surface area contributed by atoms with Gasteiger partial charge in [0, 0.05) is 25.3 Å². The van der Waals surface area contributed by atoms with E-state index < -0.39 is 0 Å². The summed E-state index contributed by atoms with van der Waals surface area (Å²) in [6.07, 6.45) is 6.04. The van der Waals surface area contributed by atoms with Gasteiger partial charge in [-0.15, -0.1) is 0 Å². The molecule has 4 heteroatoms. The van der Waals surface area contributed by atoms with Crippen LogP contribution in [0.4, 0.5) is 0 Å². The lowest BCUT2D eigenvalue weighted by atomic mass is 10.1. The molecule has 1 aromatic heterocycles. The molecule has 0 radical (unpaired) electrons. The topological polar surface area (TPSA) is 24.0 Å². The molecule has 3 nitrogen and oxygen atoms in total. The van der Waals surface area contributed by atoms with Crippen LogP contribution >= 0.6 is 12.2 Å². The van der Waals surface area contributed by atoms with Gasteiger partial charge in [0.1, 0.15) is 0 Å². The first-order chi connectivity index (χ1) is 9.83. The van der Waals surface area contributed by atoms with Crippen LogP contribution in [0.25, 0.3) is 11.3 Å². The SMILES string of the molecule is S=c1[nH]cc(-c2ccccc2)n1C1CCN(C2CC2)C1. The second-order valence-electron chi connectivity index (χ2n) is 5.88. The van der Waals surface area contributed by atoms with Gasteiger partial charge < -0.3 is 9.55 Å². The highest BCUT2D eigenvalue weighted by Gasteiger charge is 2.35. The number of hydrogen-bond donors (Lipinski definition) is 1. The lowest BCUT2D eigenvalue weighted by Gasteiger charge is -2.18. The summed E-state index contributed by atoms with van der Waals surface area (Å²) in [5, 5.41) is 0. The number of benzene rings is 1. The largest absolute Gasteiger partial charge is 0.337 e. The van der Waals surface area contributed by atoms with Crippen molar-refractivity contribution in [2.75, 3.05) is 13.1 Å². The predicted molar refractivity (Wildman–Crippen MR) is 83.3 cm³/mol. The van der Waals surface area contributed by atoms with Gasteiger partial charge >= 0.3 is 0 Å². The third kappa shape index (κ3) is 2.13. The van der Waals surface area contributed by atoms with E-state index in [1.54, 1.807) is 0 Å². The van der Waals surface area contributed by atoms with Crippen LogP contribution in [0.3, 0.4) is 0 Å². The minimum absolute atomic E-state index is 0.518. The van der Waals surface area contributed by atoms with Crippen LogP contribution in [0, 0.1) is 4.77 Å². The Morgan fingerprint density at radius 3 is 2.60 bits per heavy atom. The van der Waals surface area contributed by atoms with E-state index in [1.165, 1.54) is 37.1 Å². The average molecular weight is 285 g/mol. The summed E-state index contributed by atoms with van der Waals surface area (Å²) in [6, 6.07) is 11.9. The Balaban J connectivity index is 1.68. The highest BCUT2D eigenvalue weighted by Crippen LogP contribution is 2.35. The van der Waals surface area contributed by atoms with Crippen LogP contribution in [0.1, 0.15) is 25.3 Å². The Morgan fingerprint density at radius 2 is 1.85 bits per heavy atom. The van der Waals surface area contributed by atoms with Crippen molar-refractivity contribution in [2.24, 2.45) is 0 Å². The summed E-state index contributed by atoms with van der Waals surface area (Å²) >= 11 is 5.52. The molecule has 0 amide bonds. The second-order valence-corrected chi connectivity index (χ2v) is 6.27. The molecule has 1 N–H and O–H groups in total. The van der Waals surface area contributed by atoms with Gasteiger partial charge in [-0.3, -0.25) is 4.90 Å². The zero-order chi connectivity index (χ0) is 13.5. The first kappa shape index (κ1) is 12.4. The molecule has 2 fully saturated rings. The molecule has 2 aliphatic rings. The molecule has 4 rings (SSSR count). The Morgan fingerprint density at radius 1 is 1.05 bits per heavy atom. The molecule has 1 atom stereocenters. The van der Waals surface area contributed by atoms with Crippen LogP contribution in [0.2, 0.25) is 0 Å². The molecule has 1 saturated heterocycles. The van der Waals surface area contributed by atoms with E-state index in [0.717, 1.165) is 17.4 Å². The van der Waals surface area contributed by atoms with Crippen LogP contribution in [0.15, 0.2) is 36.5 Å². The summed E-state index contributed by atoms with van der Waals surface area (Å²) in [7, 11) is 0. The van der Waals surface area contributed by atoms with Gasteiger partial charge in [0.25, 0.3) is 0 Å². The van der Waals surface area contributed by atoms with Crippen molar-refractivity contribution in [3.8, 4) is 11.3 Å². The molecule has 0 bridgehead atoms. The van der Waals surface area contributed by atoms with Crippen molar-refractivity contribution in [3.63, 3.8) is 0 Å². The van der Waals surface area contributed by atoms with Crippen molar-refractivity contribution in [1.82, 2.24) is 14.5 Å². The molecule has 1 saturated carbocycles. The molecule has 1 aliphatic heterocycles. The van der Waals surface area contributed by atoms with Crippen LogP contribution in [-0.4, -0.2) is 33.6 Å². The van der Waals surface area contributed by atoms with Crippen molar-refractivity contribution in [1.29, 1.82) is 0 Å². The maximum atomic E-state index is 5.52. The number of nitrogens with one attached hydrogen (secondary N) is 1. The molecule has 1 aliphatic carbocycles. The lowest BCUT2D eigenvalue weighted by Crippen LogP contribution is -2.23. The van der Waals surface area contributed by atoms with Crippen LogP contribution in [0.5, 0.6) is 0 Å². The third-order valence-corrected chi connectivity index (χ3v) is 4.82. The standard InChI is InChI=1S/C16H19N3S/c20-16-17-10-15(12-4-2-1-3-5-12)19(16)14-8-9-18(11-14)13-6-7-13/h1-5,10,13-14H,6-9,11H2,(H,17,20). The number of rotatable bonds is 3. The summed E-state index contributed by atoms with van der Waals surface area (Å²) < 4.78 is 3.18. The number of H-pyrrole nitrogens is 1. The van der Waals surface area contributed by atoms with E-state index >= 15 is 0 Å². The molecular formula is C16H19N3S. The second kappa shape index (κ2) is 4.86. The van der Waals surface area contributed by atoms with E-state index in [9.17, 15) is 0 Å². The summed E-state index contributed by atoms with van der Waals surface area (Å²) in [6.45, 7) is 2.37. The third-order valence-electron chi connectivity index (χ3n) is 4.50. The Bertz CT molecular complexity index is 654. The monoisotopic (exact) mass is 285 g/mol. The molecule has 104 valence electrons. The summed E-state index contributed by atoms with van der Waals surface area (Å²) in [5.74, 6) is 0. The zero-order valence-corrected chi connectivity index (χ0v) is 12.3. The number of imidazole rings is 1. The van der Waals surface area contributed by atoms with Crippen LogP contribution in [-0.2, 0) is 0 Å². The number of likely N-dealkylation sites (tertiary alicyclic amines) is 1. The number of nitrogens with zero attached hydrogens (tertiary/aromatic N) is 2. The van der Waals surface area contributed by atoms with Crippen molar-refractivity contribution in [2.45, 2.75) is 31.3 Å². The molecule has 2 heterocycles. The summed E-state index contributed by atoms with van der Waals surface area (Å²) in [4.78, 5) is 5.86. The Labute approximate surface area is 124 Å². The first-order valence-electron chi connectivity index (χ1n) is 7.42. The van der Waals surface area contributed by atoms with E-state index in [2.05, 4.69) is 51.0 Å². The fourth-order valence-corrected chi connectivity index (χ4v) is 3.63. The van der Waals surface area contributed by atoms with Crippen molar-refractivity contribution < 1.29 is 0 Å². The van der Waals surface area contributed by atoms with Crippen molar-refractivity contribution >= 4 is 12.2 Å². The predicted octanol–water partition coefficient (Wildman–Crippen LogP) is 3.62. The molecule has 1 aromatic carbocycles. The van der Waals surface area contributed by atoms with E-state index in [0.29, 0.717) is 6.04 Å². The van der Waals surface area contributed by atoms with Gasteiger partial charge in [-0.25, -0.2) is 0 Å². The normalized spacial score (nSPS) is 23.3. The number of aromatic amines is 1. The quantitative estimate of drug-likeness (QED) is 0.871. The van der Waals surface area contributed by atoms with Gasteiger partial charge in [0.2, 0.25) is 0 Å². The minimum atomic E-state index is 0.518.